The summed E-state index contributed by atoms with van der Waals surface area (Å²) >= 11 is 0. The molecule has 2 rings (SSSR count). The summed E-state index contributed by atoms with van der Waals surface area (Å²) in [6, 6.07) is 0. The molecular weight excluding hydrogens is 266 g/mol. The standard InChI is InChI=1S/C12H25N3O3S/c16-11-12-3-8-15(9-4-12)19(17,18)13-5-10-14-6-1-2-7-14/h12-13,16H,1-11H2. The van der Waals surface area contributed by atoms with Gasteiger partial charge >= 0.3 is 0 Å². The molecule has 0 aliphatic carbocycles. The van der Waals surface area contributed by atoms with Crippen LogP contribution in [0.2, 0.25) is 0 Å². The Kier molecular flexibility index (Phi) is 5.58. The Morgan fingerprint density at radius 2 is 1.74 bits per heavy atom. The third-order valence-electron chi connectivity index (χ3n) is 4.08. The van der Waals surface area contributed by atoms with Gasteiger partial charge in [0.05, 0.1) is 0 Å². The van der Waals surface area contributed by atoms with Gasteiger partial charge in [-0.2, -0.15) is 12.7 Å². The Hall–Kier alpha value is -0.210. The van der Waals surface area contributed by atoms with E-state index in [4.69, 9.17) is 5.11 Å². The monoisotopic (exact) mass is 291 g/mol. The summed E-state index contributed by atoms with van der Waals surface area (Å²) in [4.78, 5) is 2.29. The van der Waals surface area contributed by atoms with Crippen LogP contribution in [0.15, 0.2) is 0 Å². The predicted molar refractivity (Wildman–Crippen MR) is 74.0 cm³/mol. The van der Waals surface area contributed by atoms with Crippen molar-refractivity contribution >= 4 is 10.2 Å². The van der Waals surface area contributed by atoms with E-state index >= 15 is 0 Å². The van der Waals surface area contributed by atoms with Crippen molar-refractivity contribution in [3.05, 3.63) is 0 Å². The van der Waals surface area contributed by atoms with Gasteiger partial charge in [-0.15, -0.1) is 0 Å². The summed E-state index contributed by atoms with van der Waals surface area (Å²) in [7, 11) is -3.33. The molecule has 0 bridgehead atoms. The van der Waals surface area contributed by atoms with E-state index in [0.717, 1.165) is 32.5 Å². The molecule has 7 heteroatoms. The number of nitrogens with zero attached hydrogens (tertiary/aromatic N) is 2. The molecule has 112 valence electrons. The summed E-state index contributed by atoms with van der Waals surface area (Å²) < 4.78 is 28.4. The van der Waals surface area contributed by atoms with Crippen molar-refractivity contribution in [2.45, 2.75) is 25.7 Å². The van der Waals surface area contributed by atoms with Gasteiger partial charge < -0.3 is 10.0 Å². The first-order valence-corrected chi connectivity index (χ1v) is 8.64. The van der Waals surface area contributed by atoms with Gasteiger partial charge in [0, 0.05) is 32.8 Å². The van der Waals surface area contributed by atoms with Crippen LogP contribution < -0.4 is 4.72 Å². The number of aliphatic hydroxyl groups excluding tert-OH is 1. The van der Waals surface area contributed by atoms with E-state index in [1.165, 1.54) is 17.1 Å². The molecular formula is C12H25N3O3S. The van der Waals surface area contributed by atoms with Gasteiger partial charge in [0.1, 0.15) is 0 Å². The van der Waals surface area contributed by atoms with Gasteiger partial charge in [-0.25, -0.2) is 4.72 Å². The number of hydrogen-bond donors (Lipinski definition) is 2. The Labute approximate surface area is 116 Å². The van der Waals surface area contributed by atoms with Crippen molar-refractivity contribution in [1.82, 2.24) is 13.9 Å². The zero-order valence-corrected chi connectivity index (χ0v) is 12.2. The summed E-state index contributed by atoms with van der Waals surface area (Å²) in [5.41, 5.74) is 0. The molecule has 0 aromatic rings. The fourth-order valence-electron chi connectivity index (χ4n) is 2.76. The molecule has 2 aliphatic rings. The number of rotatable bonds is 6. The maximum absolute atomic E-state index is 12.1. The smallest absolute Gasteiger partial charge is 0.279 e. The molecule has 0 saturated carbocycles. The molecule has 19 heavy (non-hydrogen) atoms. The quantitative estimate of drug-likeness (QED) is 0.700. The molecule has 0 spiro atoms. The number of likely N-dealkylation sites (tertiary alicyclic amines) is 1. The summed E-state index contributed by atoms with van der Waals surface area (Å²) in [5, 5.41) is 9.05. The minimum absolute atomic E-state index is 0.163. The van der Waals surface area contributed by atoms with Gasteiger partial charge in [-0.1, -0.05) is 0 Å². The van der Waals surface area contributed by atoms with Crippen LogP contribution in [0.1, 0.15) is 25.7 Å². The Balaban J connectivity index is 1.72. The van der Waals surface area contributed by atoms with Crippen LogP contribution in [0.4, 0.5) is 0 Å². The van der Waals surface area contributed by atoms with Gasteiger partial charge in [-0.3, -0.25) is 0 Å². The van der Waals surface area contributed by atoms with E-state index in [1.807, 2.05) is 0 Å². The van der Waals surface area contributed by atoms with Crippen molar-refractivity contribution in [1.29, 1.82) is 0 Å². The molecule has 2 N–H and O–H groups in total. The summed E-state index contributed by atoms with van der Waals surface area (Å²) in [5.74, 6) is 0.260. The highest BCUT2D eigenvalue weighted by molar-refractivity contribution is 7.87. The third-order valence-corrected chi connectivity index (χ3v) is 5.70. The Morgan fingerprint density at radius 3 is 2.32 bits per heavy atom. The SMILES string of the molecule is O=S(=O)(NCCN1CCCC1)N1CCC(CO)CC1. The van der Waals surface area contributed by atoms with Gasteiger partial charge in [0.25, 0.3) is 10.2 Å². The predicted octanol–water partition coefficient (Wildman–Crippen LogP) is -0.379. The summed E-state index contributed by atoms with van der Waals surface area (Å²) in [6.07, 6.45) is 3.95. The normalized spacial score (nSPS) is 24.1. The number of piperidine rings is 1. The second kappa shape index (κ2) is 6.99. The van der Waals surface area contributed by atoms with Crippen molar-refractivity contribution < 1.29 is 13.5 Å². The van der Waals surface area contributed by atoms with E-state index in [2.05, 4.69) is 9.62 Å². The zero-order chi connectivity index (χ0) is 13.7. The number of nitrogens with one attached hydrogen (secondary N) is 1. The van der Waals surface area contributed by atoms with Crippen LogP contribution >= 0.6 is 0 Å². The van der Waals surface area contributed by atoms with Crippen molar-refractivity contribution in [3.8, 4) is 0 Å². The highest BCUT2D eigenvalue weighted by Crippen LogP contribution is 2.18. The largest absolute Gasteiger partial charge is 0.396 e. The first-order chi connectivity index (χ1) is 9.12. The minimum Gasteiger partial charge on any atom is -0.396 e. The molecule has 0 aromatic heterocycles. The molecule has 2 aliphatic heterocycles. The maximum Gasteiger partial charge on any atom is 0.279 e. The molecule has 0 amide bonds. The Morgan fingerprint density at radius 1 is 1.11 bits per heavy atom. The molecule has 0 aromatic carbocycles. The van der Waals surface area contributed by atoms with Crippen molar-refractivity contribution in [2.75, 3.05) is 45.9 Å². The first-order valence-electron chi connectivity index (χ1n) is 7.20. The van der Waals surface area contributed by atoms with Gasteiger partial charge in [0.15, 0.2) is 0 Å². The van der Waals surface area contributed by atoms with E-state index in [-0.39, 0.29) is 12.5 Å². The molecule has 0 atom stereocenters. The minimum atomic E-state index is -3.33. The van der Waals surface area contributed by atoms with E-state index in [9.17, 15) is 8.42 Å². The average molecular weight is 291 g/mol. The maximum atomic E-state index is 12.1. The molecule has 0 radical (unpaired) electrons. The fraction of sp³-hybridized carbons (Fsp3) is 1.00. The highest BCUT2D eigenvalue weighted by atomic mass is 32.2. The lowest BCUT2D eigenvalue weighted by Crippen LogP contribution is -2.46. The zero-order valence-electron chi connectivity index (χ0n) is 11.4. The molecule has 2 fully saturated rings. The highest BCUT2D eigenvalue weighted by Gasteiger charge is 2.27. The van der Waals surface area contributed by atoms with Crippen LogP contribution in [0, 0.1) is 5.92 Å². The van der Waals surface area contributed by atoms with Crippen LogP contribution in [0.5, 0.6) is 0 Å². The van der Waals surface area contributed by atoms with Crippen LogP contribution in [-0.2, 0) is 10.2 Å². The number of hydrogen-bond acceptors (Lipinski definition) is 4. The second-order valence-electron chi connectivity index (χ2n) is 5.47. The van der Waals surface area contributed by atoms with Crippen LogP contribution in [-0.4, -0.2) is 68.6 Å². The molecule has 2 saturated heterocycles. The van der Waals surface area contributed by atoms with Crippen molar-refractivity contribution in [3.63, 3.8) is 0 Å². The molecule has 2 heterocycles. The lowest BCUT2D eigenvalue weighted by molar-refractivity contribution is 0.169. The van der Waals surface area contributed by atoms with Crippen molar-refractivity contribution in [2.24, 2.45) is 5.92 Å². The second-order valence-corrected chi connectivity index (χ2v) is 7.23. The fourth-order valence-corrected chi connectivity index (χ4v) is 3.99. The molecule has 0 unspecified atom stereocenters. The van der Waals surface area contributed by atoms with Gasteiger partial charge in [-0.05, 0) is 44.7 Å². The molecule has 6 nitrogen and oxygen atoms in total. The Bertz CT molecular complexity index is 360. The van der Waals surface area contributed by atoms with E-state index in [0.29, 0.717) is 19.6 Å². The van der Waals surface area contributed by atoms with E-state index < -0.39 is 10.2 Å². The third kappa shape index (κ3) is 4.39. The van der Waals surface area contributed by atoms with Crippen LogP contribution in [0.3, 0.4) is 0 Å². The number of aliphatic hydroxyl groups is 1. The lowest BCUT2D eigenvalue weighted by atomic mass is 10.00. The lowest BCUT2D eigenvalue weighted by Gasteiger charge is -2.30. The topological polar surface area (TPSA) is 72.9 Å². The van der Waals surface area contributed by atoms with Crippen LogP contribution in [0.25, 0.3) is 0 Å². The first kappa shape index (κ1) is 15.2. The van der Waals surface area contributed by atoms with Gasteiger partial charge in [0.2, 0.25) is 0 Å². The average Bonchev–Trinajstić information content (AvgIpc) is 2.92. The van der Waals surface area contributed by atoms with E-state index in [1.54, 1.807) is 0 Å². The summed E-state index contributed by atoms with van der Waals surface area (Å²) in [6.45, 7) is 4.66.